The summed E-state index contributed by atoms with van der Waals surface area (Å²) >= 11 is 0. The van der Waals surface area contributed by atoms with Gasteiger partial charge >= 0.3 is 5.97 Å². The molecule has 0 aliphatic heterocycles. The Morgan fingerprint density at radius 1 is 1.15 bits per heavy atom. The van der Waals surface area contributed by atoms with Crippen LogP contribution >= 0.6 is 0 Å². The van der Waals surface area contributed by atoms with E-state index in [1.54, 1.807) is 10.8 Å². The van der Waals surface area contributed by atoms with Crippen LogP contribution in [0.3, 0.4) is 0 Å². The molecule has 102 valence electrons. The molecule has 0 amide bonds. The van der Waals surface area contributed by atoms with Crippen molar-refractivity contribution in [3.05, 3.63) is 65.5 Å². The van der Waals surface area contributed by atoms with Gasteiger partial charge in [0.1, 0.15) is 0 Å². The molecule has 0 aliphatic carbocycles. The number of nitrogens with zero attached hydrogens (tertiary/aromatic N) is 1. The van der Waals surface area contributed by atoms with Crippen LogP contribution in [0.2, 0.25) is 0 Å². The Morgan fingerprint density at radius 2 is 1.90 bits per heavy atom. The standard InChI is InChI=1S/C17H17NO2/c1-2-14-6-8-15(9-7-14)10-11-16-5-3-4-12-18(16)13-17(19)20/h3-12H,2,13H2,1H3/p+1/b11-10+. The first-order chi connectivity index (χ1) is 9.69. The van der Waals surface area contributed by atoms with E-state index in [9.17, 15) is 4.79 Å². The highest BCUT2D eigenvalue weighted by molar-refractivity contribution is 5.68. The van der Waals surface area contributed by atoms with E-state index in [-0.39, 0.29) is 6.54 Å². The molecule has 0 spiro atoms. The van der Waals surface area contributed by atoms with Crippen molar-refractivity contribution in [3.63, 3.8) is 0 Å². The predicted octanol–water partition coefficient (Wildman–Crippen LogP) is 2.79. The van der Waals surface area contributed by atoms with Crippen molar-refractivity contribution in [3.8, 4) is 0 Å². The minimum absolute atomic E-state index is 0.0325. The Bertz CT molecular complexity index is 615. The smallest absolute Gasteiger partial charge is 0.370 e. The summed E-state index contributed by atoms with van der Waals surface area (Å²) in [5.41, 5.74) is 3.28. The Hall–Kier alpha value is -2.42. The second-order valence-electron chi connectivity index (χ2n) is 4.58. The zero-order valence-electron chi connectivity index (χ0n) is 11.5. The van der Waals surface area contributed by atoms with Crippen LogP contribution in [-0.2, 0) is 17.8 Å². The molecule has 0 fully saturated rings. The number of aliphatic carboxylic acids is 1. The molecule has 1 N–H and O–H groups in total. The van der Waals surface area contributed by atoms with E-state index >= 15 is 0 Å². The molecular formula is C17H18NO2+. The molecule has 0 unspecified atom stereocenters. The first-order valence-electron chi connectivity index (χ1n) is 6.66. The molecule has 0 bridgehead atoms. The molecule has 0 radical (unpaired) electrons. The van der Waals surface area contributed by atoms with Crippen molar-refractivity contribution in [1.29, 1.82) is 0 Å². The van der Waals surface area contributed by atoms with Gasteiger partial charge in [-0.05, 0) is 29.7 Å². The average Bonchev–Trinajstić information content (AvgIpc) is 2.46. The highest BCUT2D eigenvalue weighted by Gasteiger charge is 2.10. The fourth-order valence-electron chi connectivity index (χ4n) is 1.98. The van der Waals surface area contributed by atoms with Gasteiger partial charge < -0.3 is 5.11 Å². The zero-order chi connectivity index (χ0) is 14.4. The van der Waals surface area contributed by atoms with Gasteiger partial charge in [-0.1, -0.05) is 31.2 Å². The van der Waals surface area contributed by atoms with E-state index in [1.807, 2.05) is 30.4 Å². The molecule has 0 aliphatic rings. The zero-order valence-corrected chi connectivity index (χ0v) is 11.5. The van der Waals surface area contributed by atoms with Gasteiger partial charge in [0, 0.05) is 18.2 Å². The van der Waals surface area contributed by atoms with Crippen molar-refractivity contribution in [2.24, 2.45) is 0 Å². The molecular weight excluding hydrogens is 250 g/mol. The van der Waals surface area contributed by atoms with Gasteiger partial charge in [-0.2, -0.15) is 4.57 Å². The molecule has 0 saturated heterocycles. The molecule has 0 saturated carbocycles. The summed E-state index contributed by atoms with van der Waals surface area (Å²) in [7, 11) is 0. The van der Waals surface area contributed by atoms with Gasteiger partial charge in [-0.25, -0.2) is 4.79 Å². The predicted molar refractivity (Wildman–Crippen MR) is 79.0 cm³/mol. The maximum Gasteiger partial charge on any atom is 0.370 e. The molecule has 20 heavy (non-hydrogen) atoms. The lowest BCUT2D eigenvalue weighted by Gasteiger charge is -1.98. The van der Waals surface area contributed by atoms with Crippen LogP contribution in [0.1, 0.15) is 23.7 Å². The Kier molecular flexibility index (Phi) is 4.66. The Morgan fingerprint density at radius 3 is 2.55 bits per heavy atom. The lowest BCUT2D eigenvalue weighted by Crippen LogP contribution is -2.40. The molecule has 1 aromatic carbocycles. The van der Waals surface area contributed by atoms with E-state index in [4.69, 9.17) is 5.11 Å². The summed E-state index contributed by atoms with van der Waals surface area (Å²) < 4.78 is 1.71. The number of carboxylic acids is 1. The van der Waals surface area contributed by atoms with Gasteiger partial charge in [0.05, 0.1) is 0 Å². The first-order valence-corrected chi connectivity index (χ1v) is 6.66. The van der Waals surface area contributed by atoms with Crippen molar-refractivity contribution in [2.45, 2.75) is 19.9 Å². The highest BCUT2D eigenvalue weighted by Crippen LogP contribution is 2.08. The SMILES string of the molecule is CCc1ccc(/C=C/c2cccc[n+]2CC(=O)O)cc1. The number of aryl methyl sites for hydroxylation is 1. The summed E-state index contributed by atoms with van der Waals surface area (Å²) in [5, 5.41) is 8.89. The molecule has 1 heterocycles. The van der Waals surface area contributed by atoms with E-state index in [0.717, 1.165) is 17.7 Å². The molecule has 2 rings (SSSR count). The van der Waals surface area contributed by atoms with Gasteiger partial charge in [-0.3, -0.25) is 0 Å². The van der Waals surface area contributed by atoms with Crippen LogP contribution < -0.4 is 4.57 Å². The molecule has 1 aromatic heterocycles. The van der Waals surface area contributed by atoms with Crippen LogP contribution in [0, 0.1) is 0 Å². The number of hydrogen-bond donors (Lipinski definition) is 1. The van der Waals surface area contributed by atoms with E-state index in [0.29, 0.717) is 0 Å². The van der Waals surface area contributed by atoms with Gasteiger partial charge in [0.15, 0.2) is 6.20 Å². The fraction of sp³-hybridized carbons (Fsp3) is 0.176. The fourth-order valence-corrected chi connectivity index (χ4v) is 1.98. The van der Waals surface area contributed by atoms with Gasteiger partial charge in [0.2, 0.25) is 12.2 Å². The molecule has 0 atom stereocenters. The summed E-state index contributed by atoms with van der Waals surface area (Å²) in [6, 6.07) is 14.0. The lowest BCUT2D eigenvalue weighted by atomic mass is 10.1. The summed E-state index contributed by atoms with van der Waals surface area (Å²) in [4.78, 5) is 10.8. The number of pyridine rings is 1. The second-order valence-corrected chi connectivity index (χ2v) is 4.58. The van der Waals surface area contributed by atoms with Gasteiger partial charge in [0.25, 0.3) is 0 Å². The quantitative estimate of drug-likeness (QED) is 0.847. The topological polar surface area (TPSA) is 41.2 Å². The van der Waals surface area contributed by atoms with E-state index < -0.39 is 5.97 Å². The summed E-state index contributed by atoms with van der Waals surface area (Å²) in [6.07, 6.45) is 6.73. The van der Waals surface area contributed by atoms with Crippen LogP contribution in [0.25, 0.3) is 12.2 Å². The van der Waals surface area contributed by atoms with Crippen LogP contribution in [0.15, 0.2) is 48.7 Å². The Balaban J connectivity index is 2.19. The van der Waals surface area contributed by atoms with Crippen LogP contribution in [0.4, 0.5) is 0 Å². The summed E-state index contributed by atoms with van der Waals surface area (Å²) in [5.74, 6) is -0.844. The van der Waals surface area contributed by atoms with E-state index in [1.165, 1.54) is 5.56 Å². The second kappa shape index (κ2) is 6.66. The third-order valence-corrected chi connectivity index (χ3v) is 3.12. The van der Waals surface area contributed by atoms with Gasteiger partial charge in [-0.15, -0.1) is 0 Å². The number of benzene rings is 1. The Labute approximate surface area is 118 Å². The number of rotatable bonds is 5. The minimum atomic E-state index is -0.844. The number of hydrogen-bond acceptors (Lipinski definition) is 1. The molecule has 3 nitrogen and oxygen atoms in total. The first kappa shape index (κ1) is 14.0. The van der Waals surface area contributed by atoms with Crippen molar-refractivity contribution in [1.82, 2.24) is 0 Å². The monoisotopic (exact) mass is 268 g/mol. The van der Waals surface area contributed by atoms with E-state index in [2.05, 4.69) is 31.2 Å². The minimum Gasteiger partial charge on any atom is -0.477 e. The van der Waals surface area contributed by atoms with Crippen LogP contribution in [-0.4, -0.2) is 11.1 Å². The third-order valence-electron chi connectivity index (χ3n) is 3.12. The number of aromatic nitrogens is 1. The molecule has 3 heteroatoms. The maximum absolute atomic E-state index is 10.8. The lowest BCUT2D eigenvalue weighted by molar-refractivity contribution is -0.687. The largest absolute Gasteiger partial charge is 0.477 e. The third kappa shape index (κ3) is 3.79. The average molecular weight is 268 g/mol. The van der Waals surface area contributed by atoms with Crippen LogP contribution in [0.5, 0.6) is 0 Å². The van der Waals surface area contributed by atoms with Crippen molar-refractivity contribution in [2.75, 3.05) is 0 Å². The maximum atomic E-state index is 10.8. The summed E-state index contributed by atoms with van der Waals surface area (Å²) in [6.45, 7) is 2.10. The van der Waals surface area contributed by atoms with Crippen molar-refractivity contribution < 1.29 is 14.5 Å². The van der Waals surface area contributed by atoms with Crippen molar-refractivity contribution >= 4 is 18.1 Å². The number of carbonyl (C=O) groups is 1. The normalized spacial score (nSPS) is 10.8. The molecule has 2 aromatic rings. The number of carboxylic acid groups (broad SMARTS) is 1. The highest BCUT2D eigenvalue weighted by atomic mass is 16.4.